The molecular formula is C51H34N3OP. The molecule has 5 heteroatoms. The SMILES string of the molecule is O=P(c1ccccc1)(c1ccccc1)c1ccc(-c2cc(-c3nc(-c4ccccc4)nc(-c4ccccc4)n3)cc3c4ccccc4c4ccccc4c23)cc1. The number of fused-ring (bicyclic) bond motifs is 6. The van der Waals surface area contributed by atoms with E-state index in [0.29, 0.717) is 17.5 Å². The molecule has 0 amide bonds. The van der Waals surface area contributed by atoms with Gasteiger partial charge in [-0.3, -0.25) is 0 Å². The quantitative estimate of drug-likeness (QED) is 0.121. The molecule has 0 unspecified atom stereocenters. The Morgan fingerprint density at radius 1 is 0.304 bits per heavy atom. The topological polar surface area (TPSA) is 55.7 Å². The maximum atomic E-state index is 15.3. The van der Waals surface area contributed by atoms with E-state index < -0.39 is 7.14 Å². The van der Waals surface area contributed by atoms with Gasteiger partial charge in [-0.15, -0.1) is 0 Å². The largest absolute Gasteiger partial charge is 0.309 e. The van der Waals surface area contributed by atoms with Crippen LogP contribution < -0.4 is 15.9 Å². The third-order valence-corrected chi connectivity index (χ3v) is 13.7. The van der Waals surface area contributed by atoms with Crippen molar-refractivity contribution >= 4 is 55.4 Å². The molecule has 10 rings (SSSR count). The normalized spacial score (nSPS) is 11.6. The van der Waals surface area contributed by atoms with Gasteiger partial charge in [-0.2, -0.15) is 0 Å². The summed E-state index contributed by atoms with van der Waals surface area (Å²) in [5.74, 6) is 1.81. The summed E-state index contributed by atoms with van der Waals surface area (Å²) >= 11 is 0. The zero-order chi connectivity index (χ0) is 37.5. The molecule has 9 aromatic carbocycles. The fourth-order valence-electron chi connectivity index (χ4n) is 7.90. The van der Waals surface area contributed by atoms with Crippen molar-refractivity contribution in [2.45, 2.75) is 0 Å². The Labute approximate surface area is 325 Å². The fourth-order valence-corrected chi connectivity index (χ4v) is 10.5. The van der Waals surface area contributed by atoms with Crippen LogP contribution in [0.4, 0.5) is 0 Å². The second-order valence-corrected chi connectivity index (χ2v) is 16.7. The second-order valence-electron chi connectivity index (χ2n) is 13.9. The maximum absolute atomic E-state index is 15.3. The average molecular weight is 736 g/mol. The lowest BCUT2D eigenvalue weighted by molar-refractivity contribution is 0.592. The van der Waals surface area contributed by atoms with E-state index >= 15 is 4.57 Å². The van der Waals surface area contributed by atoms with Gasteiger partial charge in [-0.05, 0) is 55.6 Å². The van der Waals surface area contributed by atoms with Crippen LogP contribution >= 0.6 is 7.14 Å². The lowest BCUT2D eigenvalue weighted by Crippen LogP contribution is -2.24. The van der Waals surface area contributed by atoms with Crippen LogP contribution in [0.3, 0.4) is 0 Å². The molecule has 0 aliphatic carbocycles. The standard InChI is InChI=1S/C51H34N3OP/c55-56(39-21-9-3-10-22-39,40-23-11-4-12-24-40)41-31-29-35(30-32-41)46-33-38(34-47-44-27-14-13-25-42(44)43-26-15-16-28-45(43)48(46)47)51-53-49(36-17-5-1-6-18-36)52-50(54-51)37-19-7-2-8-20-37/h1-34H. The first kappa shape index (κ1) is 33.6. The highest BCUT2D eigenvalue weighted by molar-refractivity contribution is 7.85. The molecule has 1 heterocycles. The lowest BCUT2D eigenvalue weighted by Gasteiger charge is -2.21. The molecule has 264 valence electrons. The van der Waals surface area contributed by atoms with Crippen molar-refractivity contribution in [3.8, 4) is 45.3 Å². The molecule has 56 heavy (non-hydrogen) atoms. The van der Waals surface area contributed by atoms with E-state index in [-0.39, 0.29) is 0 Å². The van der Waals surface area contributed by atoms with Gasteiger partial charge in [0.05, 0.1) is 0 Å². The lowest BCUT2D eigenvalue weighted by atomic mass is 9.88. The van der Waals surface area contributed by atoms with Crippen molar-refractivity contribution in [2.75, 3.05) is 0 Å². The highest BCUT2D eigenvalue weighted by Crippen LogP contribution is 2.45. The predicted octanol–water partition coefficient (Wildman–Crippen LogP) is 11.6. The molecule has 0 radical (unpaired) electrons. The van der Waals surface area contributed by atoms with Gasteiger partial charge in [0.1, 0.15) is 0 Å². The summed E-state index contributed by atoms with van der Waals surface area (Å²) in [6.07, 6.45) is 0. The highest BCUT2D eigenvalue weighted by Gasteiger charge is 2.29. The fraction of sp³-hybridized carbons (Fsp3) is 0. The van der Waals surface area contributed by atoms with Crippen LogP contribution in [0.1, 0.15) is 0 Å². The molecule has 0 N–H and O–H groups in total. The Balaban J connectivity index is 1.24. The van der Waals surface area contributed by atoms with Gasteiger partial charge in [0.15, 0.2) is 24.6 Å². The number of benzene rings is 9. The summed E-state index contributed by atoms with van der Waals surface area (Å²) in [7, 11) is -3.16. The molecule has 0 fully saturated rings. The maximum Gasteiger partial charge on any atom is 0.171 e. The van der Waals surface area contributed by atoms with Crippen molar-refractivity contribution in [2.24, 2.45) is 0 Å². The highest BCUT2D eigenvalue weighted by atomic mass is 31.2. The Bertz CT molecular complexity index is 2980. The number of hydrogen-bond donors (Lipinski definition) is 0. The van der Waals surface area contributed by atoms with Gasteiger partial charge in [-0.1, -0.05) is 194 Å². The second kappa shape index (κ2) is 14.0. The number of hydrogen-bond acceptors (Lipinski definition) is 4. The molecule has 4 nitrogen and oxygen atoms in total. The van der Waals surface area contributed by atoms with Crippen LogP contribution in [0.25, 0.3) is 77.6 Å². The van der Waals surface area contributed by atoms with E-state index in [4.69, 9.17) is 15.0 Å². The van der Waals surface area contributed by atoms with Gasteiger partial charge in [0.25, 0.3) is 0 Å². The smallest absolute Gasteiger partial charge is 0.171 e. The molecule has 1 aromatic heterocycles. The first-order valence-corrected chi connectivity index (χ1v) is 20.4. The van der Waals surface area contributed by atoms with E-state index in [1.165, 1.54) is 10.8 Å². The molecule has 0 aliphatic rings. The monoisotopic (exact) mass is 735 g/mol. The molecule has 10 aromatic rings. The van der Waals surface area contributed by atoms with Gasteiger partial charge in [0.2, 0.25) is 0 Å². The zero-order valence-electron chi connectivity index (χ0n) is 30.3. The van der Waals surface area contributed by atoms with Crippen LogP contribution in [0, 0.1) is 0 Å². The number of aromatic nitrogens is 3. The predicted molar refractivity (Wildman–Crippen MR) is 233 cm³/mol. The van der Waals surface area contributed by atoms with Crippen LogP contribution in [-0.4, -0.2) is 15.0 Å². The minimum absolute atomic E-state index is 0.590. The first-order chi connectivity index (χ1) is 27.6. The van der Waals surface area contributed by atoms with E-state index in [1.54, 1.807) is 0 Å². The van der Waals surface area contributed by atoms with Gasteiger partial charge in [-0.25, -0.2) is 15.0 Å². The van der Waals surface area contributed by atoms with Gasteiger partial charge < -0.3 is 4.57 Å². The average Bonchev–Trinajstić information content (AvgIpc) is 3.29. The zero-order valence-corrected chi connectivity index (χ0v) is 31.2. The van der Waals surface area contributed by atoms with Crippen molar-refractivity contribution in [3.05, 3.63) is 206 Å². The van der Waals surface area contributed by atoms with E-state index in [1.807, 2.05) is 133 Å². The van der Waals surface area contributed by atoms with Crippen LogP contribution in [0.5, 0.6) is 0 Å². The van der Waals surface area contributed by atoms with E-state index in [9.17, 15) is 0 Å². The first-order valence-electron chi connectivity index (χ1n) is 18.7. The third kappa shape index (κ3) is 5.80. The summed E-state index contributed by atoms with van der Waals surface area (Å²) in [5, 5.41) is 9.35. The van der Waals surface area contributed by atoms with E-state index in [0.717, 1.165) is 65.3 Å². The summed E-state index contributed by atoms with van der Waals surface area (Å²) < 4.78 is 15.3. The van der Waals surface area contributed by atoms with Crippen LogP contribution in [0.15, 0.2) is 206 Å². The van der Waals surface area contributed by atoms with Crippen molar-refractivity contribution in [1.82, 2.24) is 15.0 Å². The molecule has 0 atom stereocenters. The van der Waals surface area contributed by atoms with E-state index in [2.05, 4.69) is 72.8 Å². The molecular weight excluding hydrogens is 702 g/mol. The number of rotatable bonds is 7. The van der Waals surface area contributed by atoms with Crippen LogP contribution in [0.2, 0.25) is 0 Å². The van der Waals surface area contributed by atoms with Crippen molar-refractivity contribution < 1.29 is 4.57 Å². The number of nitrogens with zero attached hydrogens (tertiary/aromatic N) is 3. The Morgan fingerprint density at radius 2 is 0.679 bits per heavy atom. The minimum atomic E-state index is -3.16. The van der Waals surface area contributed by atoms with Gasteiger partial charge >= 0.3 is 0 Å². The van der Waals surface area contributed by atoms with Gasteiger partial charge in [0, 0.05) is 32.6 Å². The molecule has 0 aliphatic heterocycles. The van der Waals surface area contributed by atoms with Crippen LogP contribution in [-0.2, 0) is 4.57 Å². The third-order valence-electron chi connectivity index (χ3n) is 10.6. The Hall–Kier alpha value is -7.00. The minimum Gasteiger partial charge on any atom is -0.309 e. The Kier molecular flexibility index (Phi) is 8.40. The summed E-state index contributed by atoms with van der Waals surface area (Å²) in [4.78, 5) is 15.2. The van der Waals surface area contributed by atoms with Crippen molar-refractivity contribution in [3.63, 3.8) is 0 Å². The Morgan fingerprint density at radius 3 is 1.18 bits per heavy atom. The van der Waals surface area contributed by atoms with Crippen molar-refractivity contribution in [1.29, 1.82) is 0 Å². The summed E-state index contributed by atoms with van der Waals surface area (Å²) in [6, 6.07) is 69.8. The summed E-state index contributed by atoms with van der Waals surface area (Å²) in [5.41, 5.74) is 4.77. The molecule has 0 bridgehead atoms. The molecule has 0 saturated carbocycles. The summed E-state index contributed by atoms with van der Waals surface area (Å²) in [6.45, 7) is 0. The molecule has 0 spiro atoms. The molecule has 0 saturated heterocycles.